The molecule has 3 heterocycles. The zero-order valence-electron chi connectivity index (χ0n) is 17.4. The minimum atomic E-state index is -0.261. The fraction of sp³-hybridized carbons (Fsp3) is 0.304. The molecule has 7 nitrogen and oxygen atoms in total. The summed E-state index contributed by atoms with van der Waals surface area (Å²) in [4.78, 5) is 17.2. The van der Waals surface area contributed by atoms with Crippen molar-refractivity contribution in [1.29, 1.82) is 0 Å². The van der Waals surface area contributed by atoms with Crippen LogP contribution in [0.1, 0.15) is 11.4 Å². The number of aryl methyl sites for hydroxylation is 2. The number of nitrogens with one attached hydrogen (secondary N) is 1. The van der Waals surface area contributed by atoms with Gasteiger partial charge in [-0.2, -0.15) is 0 Å². The van der Waals surface area contributed by atoms with Gasteiger partial charge in [0.15, 0.2) is 11.5 Å². The topological polar surface area (TPSA) is 70.3 Å². The van der Waals surface area contributed by atoms with Gasteiger partial charge in [0.2, 0.25) is 5.91 Å². The van der Waals surface area contributed by atoms with Crippen molar-refractivity contribution in [2.75, 3.05) is 19.8 Å². The normalized spacial score (nSPS) is 13.1. The van der Waals surface area contributed by atoms with Crippen LogP contribution in [0.15, 0.2) is 36.5 Å². The van der Waals surface area contributed by atoms with E-state index in [-0.39, 0.29) is 18.3 Å². The van der Waals surface area contributed by atoms with Gasteiger partial charge in [0.1, 0.15) is 31.4 Å². The summed E-state index contributed by atoms with van der Waals surface area (Å²) in [6, 6.07) is 8.50. The van der Waals surface area contributed by atoms with E-state index in [0.717, 1.165) is 33.3 Å². The number of carbonyl (C=O) groups excluding carboxylic acids is 1. The van der Waals surface area contributed by atoms with E-state index in [0.29, 0.717) is 37.7 Å². The van der Waals surface area contributed by atoms with Crippen molar-refractivity contribution in [1.82, 2.24) is 19.4 Å². The monoisotopic (exact) mass is 422 g/mol. The van der Waals surface area contributed by atoms with Crippen molar-refractivity contribution in [3.63, 3.8) is 0 Å². The van der Waals surface area contributed by atoms with Crippen molar-refractivity contribution >= 4 is 27.8 Å². The molecular weight excluding hydrogens is 399 g/mol. The number of hydrogen-bond acceptors (Lipinski definition) is 4. The molecule has 0 spiro atoms. The number of rotatable bonds is 5. The number of benzene rings is 2. The molecule has 1 N–H and O–H groups in total. The first-order valence-corrected chi connectivity index (χ1v) is 10.3. The summed E-state index contributed by atoms with van der Waals surface area (Å²) >= 11 is 0. The smallest absolute Gasteiger partial charge is 0.240 e. The molecule has 0 atom stereocenters. The van der Waals surface area contributed by atoms with Crippen LogP contribution in [0.4, 0.5) is 4.39 Å². The first-order chi connectivity index (χ1) is 15.0. The zero-order valence-corrected chi connectivity index (χ0v) is 17.4. The highest BCUT2D eigenvalue weighted by Gasteiger charge is 2.18. The molecule has 0 fully saturated rings. The van der Waals surface area contributed by atoms with E-state index in [1.807, 2.05) is 41.4 Å². The van der Waals surface area contributed by atoms with Crippen molar-refractivity contribution in [3.05, 3.63) is 53.7 Å². The van der Waals surface area contributed by atoms with Crippen LogP contribution in [0.5, 0.6) is 11.5 Å². The SMILES string of the molecule is Cc1nc2cc3c(cc2n1CC(=O)NCCc1cn(C)c2ccc(F)cc12)OCCO3. The number of amides is 1. The molecule has 0 radical (unpaired) electrons. The van der Waals surface area contributed by atoms with Gasteiger partial charge in [-0.25, -0.2) is 9.37 Å². The van der Waals surface area contributed by atoms with E-state index in [2.05, 4.69) is 10.3 Å². The van der Waals surface area contributed by atoms with Gasteiger partial charge >= 0.3 is 0 Å². The van der Waals surface area contributed by atoms with Crippen molar-refractivity contribution < 1.29 is 18.7 Å². The van der Waals surface area contributed by atoms with Gasteiger partial charge in [0, 0.05) is 42.8 Å². The maximum Gasteiger partial charge on any atom is 0.240 e. The largest absolute Gasteiger partial charge is 0.486 e. The molecular formula is C23H23FN4O3. The van der Waals surface area contributed by atoms with E-state index in [9.17, 15) is 9.18 Å². The Kier molecular flexibility index (Phi) is 4.77. The van der Waals surface area contributed by atoms with Crippen LogP contribution in [0.3, 0.4) is 0 Å². The third-order valence-electron chi connectivity index (χ3n) is 5.66. The molecule has 0 saturated heterocycles. The van der Waals surface area contributed by atoms with Crippen molar-refractivity contribution in [2.24, 2.45) is 7.05 Å². The average molecular weight is 422 g/mol. The number of hydrogen-bond donors (Lipinski definition) is 1. The Labute approximate surface area is 178 Å². The van der Waals surface area contributed by atoms with Crippen LogP contribution < -0.4 is 14.8 Å². The van der Waals surface area contributed by atoms with Crippen molar-refractivity contribution in [3.8, 4) is 11.5 Å². The summed E-state index contributed by atoms with van der Waals surface area (Å²) in [6.07, 6.45) is 2.60. The summed E-state index contributed by atoms with van der Waals surface area (Å²) < 4.78 is 28.8. The highest BCUT2D eigenvalue weighted by Crippen LogP contribution is 2.34. The predicted molar refractivity (Wildman–Crippen MR) is 115 cm³/mol. The third-order valence-corrected chi connectivity index (χ3v) is 5.66. The molecule has 0 saturated carbocycles. The fourth-order valence-corrected chi connectivity index (χ4v) is 4.16. The van der Waals surface area contributed by atoms with Crippen molar-refractivity contribution in [2.45, 2.75) is 19.9 Å². The number of halogens is 1. The Morgan fingerprint density at radius 2 is 1.94 bits per heavy atom. The van der Waals surface area contributed by atoms with Gasteiger partial charge in [-0.15, -0.1) is 0 Å². The molecule has 160 valence electrons. The van der Waals surface area contributed by atoms with E-state index < -0.39 is 0 Å². The first-order valence-electron chi connectivity index (χ1n) is 10.3. The number of fused-ring (bicyclic) bond motifs is 3. The van der Waals surface area contributed by atoms with E-state index in [4.69, 9.17) is 9.47 Å². The second-order valence-electron chi connectivity index (χ2n) is 7.76. The van der Waals surface area contributed by atoms with Crippen LogP contribution in [-0.4, -0.2) is 39.8 Å². The summed E-state index contributed by atoms with van der Waals surface area (Å²) in [5, 5.41) is 3.84. The minimum Gasteiger partial charge on any atom is -0.486 e. The highest BCUT2D eigenvalue weighted by molar-refractivity contribution is 5.85. The van der Waals surface area contributed by atoms with E-state index in [1.54, 1.807) is 12.1 Å². The number of imidazole rings is 1. The maximum atomic E-state index is 13.7. The highest BCUT2D eigenvalue weighted by atomic mass is 19.1. The Bertz CT molecular complexity index is 1310. The quantitative estimate of drug-likeness (QED) is 0.537. The number of carbonyl (C=O) groups is 1. The van der Waals surface area contributed by atoms with Crippen LogP contribution in [0.25, 0.3) is 21.9 Å². The molecule has 31 heavy (non-hydrogen) atoms. The van der Waals surface area contributed by atoms with Crippen LogP contribution in [0.2, 0.25) is 0 Å². The lowest BCUT2D eigenvalue weighted by Crippen LogP contribution is -2.29. The van der Waals surface area contributed by atoms with Gasteiger partial charge in [-0.05, 0) is 37.1 Å². The van der Waals surface area contributed by atoms with Gasteiger partial charge < -0.3 is 23.9 Å². The summed E-state index contributed by atoms with van der Waals surface area (Å²) in [7, 11) is 1.93. The van der Waals surface area contributed by atoms with Gasteiger partial charge in [-0.3, -0.25) is 4.79 Å². The molecule has 5 rings (SSSR count). The Balaban J connectivity index is 1.29. The lowest BCUT2D eigenvalue weighted by atomic mass is 10.1. The summed E-state index contributed by atoms with van der Waals surface area (Å²) in [6.45, 7) is 3.52. The first kappa shape index (κ1) is 19.4. The molecule has 0 unspecified atom stereocenters. The molecule has 0 aliphatic carbocycles. The fourth-order valence-electron chi connectivity index (χ4n) is 4.16. The zero-order chi connectivity index (χ0) is 21.5. The maximum absolute atomic E-state index is 13.7. The third kappa shape index (κ3) is 3.58. The number of nitrogens with zero attached hydrogens (tertiary/aromatic N) is 3. The molecule has 0 bridgehead atoms. The molecule has 2 aromatic carbocycles. The van der Waals surface area contributed by atoms with Crippen LogP contribution in [0, 0.1) is 12.7 Å². The van der Waals surface area contributed by atoms with Gasteiger partial charge in [0.05, 0.1) is 11.0 Å². The molecule has 4 aromatic rings. The number of aromatic nitrogens is 3. The average Bonchev–Trinajstić information content (AvgIpc) is 3.22. The Morgan fingerprint density at radius 3 is 2.74 bits per heavy atom. The second-order valence-corrected chi connectivity index (χ2v) is 7.76. The summed E-state index contributed by atoms with van der Waals surface area (Å²) in [5.74, 6) is 1.73. The van der Waals surface area contributed by atoms with E-state index in [1.165, 1.54) is 6.07 Å². The molecule has 1 amide bonds. The Morgan fingerprint density at radius 1 is 1.16 bits per heavy atom. The van der Waals surface area contributed by atoms with Crippen LogP contribution >= 0.6 is 0 Å². The standard InChI is InChI=1S/C23H23FN4O3/c1-14-26-18-10-21-22(31-8-7-30-21)11-20(18)28(14)13-23(29)25-6-5-15-12-27(2)19-4-3-16(24)9-17(15)19/h3-4,9-12H,5-8,13H2,1-2H3,(H,25,29). The molecule has 1 aliphatic heterocycles. The van der Waals surface area contributed by atoms with Gasteiger partial charge in [0.25, 0.3) is 0 Å². The minimum absolute atomic E-state index is 0.108. The lowest BCUT2D eigenvalue weighted by Gasteiger charge is -2.18. The number of ether oxygens (including phenoxy) is 2. The molecule has 8 heteroatoms. The predicted octanol–water partition coefficient (Wildman–Crippen LogP) is 3.11. The second kappa shape index (κ2) is 7.61. The summed E-state index contributed by atoms with van der Waals surface area (Å²) in [5.41, 5.74) is 3.58. The lowest BCUT2D eigenvalue weighted by molar-refractivity contribution is -0.121. The Hall–Kier alpha value is -3.55. The van der Waals surface area contributed by atoms with Gasteiger partial charge in [-0.1, -0.05) is 0 Å². The molecule has 1 aliphatic rings. The van der Waals surface area contributed by atoms with Crippen LogP contribution in [-0.2, 0) is 24.8 Å². The van der Waals surface area contributed by atoms with E-state index >= 15 is 0 Å². The molecule has 2 aromatic heterocycles.